The molecule has 0 amide bonds. The first-order valence-corrected chi connectivity index (χ1v) is 4.09. The Morgan fingerprint density at radius 1 is 1.40 bits per heavy atom. The minimum Gasteiger partial charge on any atom is -0.496 e. The molecule has 1 N–H and O–H groups in total. The summed E-state index contributed by atoms with van der Waals surface area (Å²) in [7, 11) is 1.36. The highest BCUT2D eigenvalue weighted by Crippen LogP contribution is 2.22. The van der Waals surface area contributed by atoms with Gasteiger partial charge in [0.25, 0.3) is 5.78 Å². The van der Waals surface area contributed by atoms with Gasteiger partial charge in [0, 0.05) is 0 Å². The number of halogens is 1. The van der Waals surface area contributed by atoms with Gasteiger partial charge in [0.1, 0.15) is 11.6 Å². The maximum atomic E-state index is 13.2. The third-order valence-electron chi connectivity index (χ3n) is 1.92. The van der Waals surface area contributed by atoms with E-state index in [-0.39, 0.29) is 5.75 Å². The lowest BCUT2D eigenvalue weighted by Gasteiger charge is -2.06. The van der Waals surface area contributed by atoms with Crippen molar-refractivity contribution < 1.29 is 23.8 Å². The van der Waals surface area contributed by atoms with E-state index in [1.807, 2.05) is 0 Å². The average molecular weight is 212 g/mol. The topological polar surface area (TPSA) is 63.6 Å². The van der Waals surface area contributed by atoms with Gasteiger partial charge in [-0.2, -0.15) is 0 Å². The Morgan fingerprint density at radius 3 is 2.47 bits per heavy atom. The summed E-state index contributed by atoms with van der Waals surface area (Å²) in [5, 5.41) is 8.44. The fourth-order valence-electron chi connectivity index (χ4n) is 1.16. The largest absolute Gasteiger partial charge is 0.496 e. The lowest BCUT2D eigenvalue weighted by atomic mass is 10.1. The lowest BCUT2D eigenvalue weighted by Crippen LogP contribution is -2.14. The van der Waals surface area contributed by atoms with Crippen LogP contribution >= 0.6 is 0 Å². The van der Waals surface area contributed by atoms with E-state index in [2.05, 4.69) is 0 Å². The van der Waals surface area contributed by atoms with Gasteiger partial charge >= 0.3 is 5.97 Å². The van der Waals surface area contributed by atoms with Crippen LogP contribution in [0.4, 0.5) is 4.39 Å². The van der Waals surface area contributed by atoms with Gasteiger partial charge in [-0.3, -0.25) is 4.79 Å². The molecular weight excluding hydrogens is 203 g/mol. The molecule has 0 unspecified atom stereocenters. The Hall–Kier alpha value is -1.91. The molecule has 80 valence electrons. The molecule has 0 spiro atoms. The first kappa shape index (κ1) is 11.2. The fourth-order valence-corrected chi connectivity index (χ4v) is 1.16. The van der Waals surface area contributed by atoms with Crippen molar-refractivity contribution >= 4 is 11.8 Å². The number of hydrogen-bond donors (Lipinski definition) is 1. The number of methoxy groups -OCH3 is 1. The van der Waals surface area contributed by atoms with E-state index in [4.69, 9.17) is 9.84 Å². The molecule has 0 aliphatic carbocycles. The predicted molar refractivity (Wildman–Crippen MR) is 49.7 cm³/mol. The zero-order chi connectivity index (χ0) is 11.6. The molecule has 15 heavy (non-hydrogen) atoms. The highest BCUT2D eigenvalue weighted by atomic mass is 19.1. The summed E-state index contributed by atoms with van der Waals surface area (Å²) in [6.45, 7) is 1.59. The van der Waals surface area contributed by atoms with E-state index in [0.717, 1.165) is 12.1 Å². The number of aliphatic carboxylic acids is 1. The summed E-state index contributed by atoms with van der Waals surface area (Å²) in [4.78, 5) is 21.4. The van der Waals surface area contributed by atoms with E-state index in [1.165, 1.54) is 7.11 Å². The standard InChI is InChI=1S/C10H9FO4/c1-5-3-7(11)6(4-8(5)15-2)9(12)10(13)14/h3-4H,1-2H3,(H,13,14). The summed E-state index contributed by atoms with van der Waals surface area (Å²) in [5.41, 5.74) is 0.00175. The quantitative estimate of drug-likeness (QED) is 0.607. The molecule has 0 saturated carbocycles. The summed E-state index contributed by atoms with van der Waals surface area (Å²) in [6.07, 6.45) is 0. The van der Waals surface area contributed by atoms with Gasteiger partial charge in [0.15, 0.2) is 0 Å². The van der Waals surface area contributed by atoms with Crippen LogP contribution in [-0.4, -0.2) is 24.0 Å². The molecule has 5 heteroatoms. The van der Waals surface area contributed by atoms with Crippen LogP contribution in [0.25, 0.3) is 0 Å². The number of aryl methyl sites for hydroxylation is 1. The zero-order valence-corrected chi connectivity index (χ0v) is 8.20. The van der Waals surface area contributed by atoms with Crippen LogP contribution in [0.5, 0.6) is 5.75 Å². The van der Waals surface area contributed by atoms with E-state index in [0.29, 0.717) is 5.56 Å². The van der Waals surface area contributed by atoms with E-state index in [1.54, 1.807) is 6.92 Å². The number of carbonyl (C=O) groups excluding carboxylic acids is 1. The first-order valence-electron chi connectivity index (χ1n) is 4.09. The normalized spacial score (nSPS) is 9.80. The van der Waals surface area contributed by atoms with Crippen molar-refractivity contribution in [3.05, 3.63) is 29.1 Å². The van der Waals surface area contributed by atoms with Gasteiger partial charge in [-0.25, -0.2) is 9.18 Å². The molecule has 0 aliphatic heterocycles. The molecular formula is C10H9FO4. The molecule has 1 aromatic rings. The van der Waals surface area contributed by atoms with Crippen molar-refractivity contribution in [3.8, 4) is 5.75 Å². The number of carboxylic acid groups (broad SMARTS) is 1. The maximum Gasteiger partial charge on any atom is 0.377 e. The Kier molecular flexibility index (Phi) is 3.04. The fraction of sp³-hybridized carbons (Fsp3) is 0.200. The summed E-state index contributed by atoms with van der Waals surface area (Å²) in [6, 6.07) is 2.15. The van der Waals surface area contributed by atoms with Crippen LogP contribution in [0, 0.1) is 12.7 Å². The minimum atomic E-state index is -1.69. The Balaban J connectivity index is 3.30. The SMILES string of the molecule is COc1cc(C(=O)C(=O)O)c(F)cc1C. The van der Waals surface area contributed by atoms with Crippen LogP contribution in [0.2, 0.25) is 0 Å². The highest BCUT2D eigenvalue weighted by Gasteiger charge is 2.20. The molecule has 0 radical (unpaired) electrons. The van der Waals surface area contributed by atoms with Gasteiger partial charge in [-0.1, -0.05) is 0 Å². The van der Waals surface area contributed by atoms with E-state index >= 15 is 0 Å². The van der Waals surface area contributed by atoms with Crippen LogP contribution in [0.1, 0.15) is 15.9 Å². The summed E-state index contributed by atoms with van der Waals surface area (Å²) < 4.78 is 18.1. The second-order valence-corrected chi connectivity index (χ2v) is 2.94. The number of benzene rings is 1. The number of ketones is 1. The highest BCUT2D eigenvalue weighted by molar-refractivity contribution is 6.40. The molecule has 0 fully saturated rings. The first-order chi connectivity index (χ1) is 6.97. The van der Waals surface area contributed by atoms with E-state index < -0.39 is 23.1 Å². The van der Waals surface area contributed by atoms with Crippen LogP contribution in [0.15, 0.2) is 12.1 Å². The smallest absolute Gasteiger partial charge is 0.377 e. The van der Waals surface area contributed by atoms with Crippen molar-refractivity contribution in [3.63, 3.8) is 0 Å². The number of carboxylic acids is 1. The van der Waals surface area contributed by atoms with Crippen LogP contribution in [0.3, 0.4) is 0 Å². The number of hydrogen-bond acceptors (Lipinski definition) is 3. The summed E-state index contributed by atoms with van der Waals surface area (Å²) >= 11 is 0. The van der Waals surface area contributed by atoms with Crippen LogP contribution < -0.4 is 4.74 Å². The van der Waals surface area contributed by atoms with Crippen molar-refractivity contribution in [2.75, 3.05) is 7.11 Å². The van der Waals surface area contributed by atoms with Crippen molar-refractivity contribution in [2.45, 2.75) is 6.92 Å². The minimum absolute atomic E-state index is 0.279. The molecule has 0 saturated heterocycles. The monoisotopic (exact) mass is 212 g/mol. The molecule has 1 rings (SSSR count). The summed E-state index contributed by atoms with van der Waals surface area (Å²) in [5.74, 6) is -3.56. The van der Waals surface area contributed by atoms with Crippen molar-refractivity contribution in [1.29, 1.82) is 0 Å². The molecule has 0 atom stereocenters. The Bertz CT molecular complexity index is 426. The van der Waals surface area contributed by atoms with Gasteiger partial charge in [0.2, 0.25) is 0 Å². The van der Waals surface area contributed by atoms with Gasteiger partial charge < -0.3 is 9.84 Å². The van der Waals surface area contributed by atoms with Crippen LogP contribution in [-0.2, 0) is 4.79 Å². The average Bonchev–Trinajstić information content (AvgIpc) is 2.17. The number of Topliss-reactive ketones (excluding diaryl/α,β-unsaturated/α-hetero) is 1. The maximum absolute atomic E-state index is 13.2. The third-order valence-corrected chi connectivity index (χ3v) is 1.92. The number of rotatable bonds is 3. The number of ether oxygens (including phenoxy) is 1. The lowest BCUT2D eigenvalue weighted by molar-refractivity contribution is -0.131. The second-order valence-electron chi connectivity index (χ2n) is 2.94. The van der Waals surface area contributed by atoms with Crippen molar-refractivity contribution in [2.24, 2.45) is 0 Å². The Labute approximate surface area is 85.3 Å². The zero-order valence-electron chi connectivity index (χ0n) is 8.20. The molecule has 0 aromatic heterocycles. The van der Waals surface area contributed by atoms with Gasteiger partial charge in [-0.05, 0) is 24.6 Å². The van der Waals surface area contributed by atoms with Gasteiger partial charge in [0.05, 0.1) is 12.7 Å². The number of carbonyl (C=O) groups is 2. The second kappa shape index (κ2) is 4.08. The molecule has 0 bridgehead atoms. The van der Waals surface area contributed by atoms with Crippen molar-refractivity contribution in [1.82, 2.24) is 0 Å². The molecule has 0 heterocycles. The Morgan fingerprint density at radius 2 is 2.00 bits per heavy atom. The molecule has 1 aromatic carbocycles. The molecule has 4 nitrogen and oxygen atoms in total. The predicted octanol–water partition coefficient (Wildman–Crippen LogP) is 1.41. The van der Waals surface area contributed by atoms with Gasteiger partial charge in [-0.15, -0.1) is 0 Å². The van der Waals surface area contributed by atoms with E-state index in [9.17, 15) is 14.0 Å². The molecule has 0 aliphatic rings. The third kappa shape index (κ3) is 2.12.